The lowest BCUT2D eigenvalue weighted by Crippen LogP contribution is -2.29. The first-order chi connectivity index (χ1) is 17.0. The van der Waals surface area contributed by atoms with Gasteiger partial charge in [0.25, 0.3) is 0 Å². The van der Waals surface area contributed by atoms with Crippen LogP contribution in [0.15, 0.2) is 36.4 Å². The minimum Gasteiger partial charge on any atom is -0.373 e. The smallest absolute Gasteiger partial charge is 0.131 e. The average Bonchev–Trinajstić information content (AvgIpc) is 2.89. The zero-order valence-corrected chi connectivity index (χ0v) is 21.6. The third-order valence-electron chi connectivity index (χ3n) is 9.58. The van der Waals surface area contributed by atoms with Gasteiger partial charge in [0.2, 0.25) is 0 Å². The van der Waals surface area contributed by atoms with Crippen molar-refractivity contribution >= 4 is 0 Å². The molecular weight excluding hydrogens is 438 g/mol. The van der Waals surface area contributed by atoms with Crippen LogP contribution in [0.4, 0.5) is 8.78 Å². The molecule has 0 amide bonds. The van der Waals surface area contributed by atoms with Gasteiger partial charge in [-0.05, 0) is 104 Å². The molecule has 2 saturated carbocycles. The van der Waals surface area contributed by atoms with E-state index in [1.54, 1.807) is 24.3 Å². The summed E-state index contributed by atoms with van der Waals surface area (Å²) in [6, 6.07) is 10.7. The van der Waals surface area contributed by atoms with Crippen molar-refractivity contribution in [3.05, 3.63) is 59.2 Å². The molecule has 2 unspecified atom stereocenters. The average molecular weight is 481 g/mol. The molecular formula is C32H42F2O. The summed E-state index contributed by atoms with van der Waals surface area (Å²) in [7, 11) is 0. The van der Waals surface area contributed by atoms with Gasteiger partial charge in [-0.25, -0.2) is 8.78 Å². The van der Waals surface area contributed by atoms with Crippen molar-refractivity contribution in [1.29, 1.82) is 0 Å². The Hall–Kier alpha value is -1.74. The van der Waals surface area contributed by atoms with Gasteiger partial charge in [-0.3, -0.25) is 0 Å². The van der Waals surface area contributed by atoms with Gasteiger partial charge in [-0.2, -0.15) is 0 Å². The molecule has 0 radical (unpaired) electrons. The standard InChI is InChI=1S/C32H42F2O/c1-3-22-6-10-23(11-7-22)25-12-15-28(30(33)18-25)29-16-13-26(19-31(29)34)32-17-14-27(20-35-32)24-8-4-21(2)5-9-24/h12-13,15-16,18-19,21-24,27,32H,3-11,14,17,20H2,1-2H3. The van der Waals surface area contributed by atoms with Gasteiger partial charge in [-0.15, -0.1) is 0 Å². The van der Waals surface area contributed by atoms with E-state index >= 15 is 8.78 Å². The Morgan fingerprint density at radius 1 is 0.714 bits per heavy atom. The number of ether oxygens (including phenoxy) is 1. The molecule has 35 heavy (non-hydrogen) atoms. The van der Waals surface area contributed by atoms with Crippen LogP contribution in [0.5, 0.6) is 0 Å². The van der Waals surface area contributed by atoms with Gasteiger partial charge >= 0.3 is 0 Å². The molecule has 3 fully saturated rings. The van der Waals surface area contributed by atoms with Crippen molar-refractivity contribution in [2.75, 3.05) is 6.61 Å². The fourth-order valence-electron chi connectivity index (χ4n) is 7.02. The number of halogens is 2. The zero-order chi connectivity index (χ0) is 24.4. The summed E-state index contributed by atoms with van der Waals surface area (Å²) < 4.78 is 36.6. The van der Waals surface area contributed by atoms with Gasteiger partial charge in [-0.1, -0.05) is 57.4 Å². The lowest BCUT2D eigenvalue weighted by molar-refractivity contribution is -0.0401. The monoisotopic (exact) mass is 480 g/mol. The van der Waals surface area contributed by atoms with Gasteiger partial charge < -0.3 is 4.74 Å². The molecule has 1 aliphatic heterocycles. The third kappa shape index (κ3) is 5.66. The first-order valence-corrected chi connectivity index (χ1v) is 14.2. The van der Waals surface area contributed by atoms with Crippen molar-refractivity contribution in [3.63, 3.8) is 0 Å². The van der Waals surface area contributed by atoms with Crippen LogP contribution in [0.1, 0.15) is 108 Å². The van der Waals surface area contributed by atoms with Crippen LogP contribution < -0.4 is 0 Å². The number of benzene rings is 2. The molecule has 0 aromatic heterocycles. The van der Waals surface area contributed by atoms with Gasteiger partial charge in [0.1, 0.15) is 11.6 Å². The number of rotatable bonds is 5. The van der Waals surface area contributed by atoms with Crippen LogP contribution in [-0.2, 0) is 4.74 Å². The second-order valence-corrected chi connectivity index (χ2v) is 11.8. The number of hydrogen-bond acceptors (Lipinski definition) is 1. The van der Waals surface area contributed by atoms with E-state index in [9.17, 15) is 0 Å². The molecule has 0 spiro atoms. The molecule has 1 nitrogen and oxygen atoms in total. The van der Waals surface area contributed by atoms with E-state index in [1.807, 2.05) is 12.1 Å². The van der Waals surface area contributed by atoms with Crippen LogP contribution in [0.2, 0.25) is 0 Å². The largest absolute Gasteiger partial charge is 0.373 e. The van der Waals surface area contributed by atoms with Crippen LogP contribution in [-0.4, -0.2) is 6.61 Å². The maximum Gasteiger partial charge on any atom is 0.131 e. The summed E-state index contributed by atoms with van der Waals surface area (Å²) in [6.45, 7) is 5.40. The summed E-state index contributed by atoms with van der Waals surface area (Å²) in [6.07, 6.45) is 13.3. The van der Waals surface area contributed by atoms with E-state index in [0.717, 1.165) is 61.2 Å². The quantitative estimate of drug-likeness (QED) is 0.414. The van der Waals surface area contributed by atoms with Crippen LogP contribution in [0.25, 0.3) is 11.1 Å². The van der Waals surface area contributed by atoms with Gasteiger partial charge in [0.05, 0.1) is 12.7 Å². The molecule has 2 aromatic rings. The molecule has 2 atom stereocenters. The lowest BCUT2D eigenvalue weighted by Gasteiger charge is -2.37. The van der Waals surface area contributed by atoms with Crippen LogP contribution in [0.3, 0.4) is 0 Å². The van der Waals surface area contributed by atoms with Gasteiger partial charge in [0.15, 0.2) is 0 Å². The highest BCUT2D eigenvalue weighted by Gasteiger charge is 2.31. The van der Waals surface area contributed by atoms with E-state index in [4.69, 9.17) is 4.74 Å². The SMILES string of the molecule is CCC1CCC(c2ccc(-c3ccc(C4CCC(C5CCC(C)CC5)CO4)cc3F)c(F)c2)CC1. The van der Waals surface area contributed by atoms with Crippen LogP contribution >= 0.6 is 0 Å². The third-order valence-corrected chi connectivity index (χ3v) is 9.58. The predicted molar refractivity (Wildman–Crippen MR) is 139 cm³/mol. The Bertz CT molecular complexity index is 977. The second-order valence-electron chi connectivity index (χ2n) is 11.8. The van der Waals surface area contributed by atoms with E-state index in [1.165, 1.54) is 44.9 Å². The molecule has 1 heterocycles. The Kier molecular flexibility index (Phi) is 7.92. The van der Waals surface area contributed by atoms with Crippen molar-refractivity contribution in [3.8, 4) is 11.1 Å². The van der Waals surface area contributed by atoms with E-state index < -0.39 is 0 Å². The molecule has 190 valence electrons. The molecule has 2 aromatic carbocycles. The van der Waals surface area contributed by atoms with Crippen molar-refractivity contribution < 1.29 is 13.5 Å². The second kappa shape index (κ2) is 11.1. The number of hydrogen-bond donors (Lipinski definition) is 0. The van der Waals surface area contributed by atoms with Crippen LogP contribution in [0, 0.1) is 35.3 Å². The van der Waals surface area contributed by atoms with Crippen molar-refractivity contribution in [2.24, 2.45) is 23.7 Å². The fraction of sp³-hybridized carbons (Fsp3) is 0.625. The minimum absolute atomic E-state index is 0.0530. The summed E-state index contributed by atoms with van der Waals surface area (Å²) in [4.78, 5) is 0. The van der Waals surface area contributed by atoms with E-state index in [2.05, 4.69) is 13.8 Å². The molecule has 0 bridgehead atoms. The topological polar surface area (TPSA) is 9.23 Å². The van der Waals surface area contributed by atoms with E-state index in [0.29, 0.717) is 23.0 Å². The molecule has 2 aliphatic carbocycles. The maximum absolute atomic E-state index is 15.2. The minimum atomic E-state index is -0.357. The molecule has 3 aliphatic rings. The molecule has 1 saturated heterocycles. The summed E-state index contributed by atoms with van der Waals surface area (Å²) in [5, 5.41) is 0. The maximum atomic E-state index is 15.2. The summed E-state index contributed by atoms with van der Waals surface area (Å²) >= 11 is 0. The highest BCUT2D eigenvalue weighted by atomic mass is 19.1. The fourth-order valence-corrected chi connectivity index (χ4v) is 7.02. The van der Waals surface area contributed by atoms with E-state index in [-0.39, 0.29) is 17.7 Å². The Balaban J connectivity index is 1.22. The first kappa shape index (κ1) is 24.9. The highest BCUT2D eigenvalue weighted by molar-refractivity contribution is 5.66. The molecule has 0 N–H and O–H groups in total. The Labute approximate surface area is 210 Å². The molecule has 3 heteroatoms. The van der Waals surface area contributed by atoms with Crippen molar-refractivity contribution in [2.45, 2.75) is 96.5 Å². The zero-order valence-electron chi connectivity index (χ0n) is 21.6. The summed E-state index contributed by atoms with van der Waals surface area (Å²) in [5.41, 5.74) is 2.65. The lowest BCUT2D eigenvalue weighted by atomic mass is 9.74. The molecule has 5 rings (SSSR count). The Morgan fingerprint density at radius 2 is 1.31 bits per heavy atom. The normalized spacial score (nSPS) is 31.9. The van der Waals surface area contributed by atoms with Crippen molar-refractivity contribution in [1.82, 2.24) is 0 Å². The van der Waals surface area contributed by atoms with Gasteiger partial charge in [0, 0.05) is 11.1 Å². The highest BCUT2D eigenvalue weighted by Crippen LogP contribution is 2.42. The first-order valence-electron chi connectivity index (χ1n) is 14.2. The predicted octanol–water partition coefficient (Wildman–Crippen LogP) is 9.61. The summed E-state index contributed by atoms with van der Waals surface area (Å²) in [5.74, 6) is 2.88. The Morgan fingerprint density at radius 3 is 1.89 bits per heavy atom.